The Bertz CT molecular complexity index is 817. The molecule has 0 saturated carbocycles. The molecular weight excluding hydrogens is 344 g/mol. The van der Waals surface area contributed by atoms with E-state index >= 15 is 0 Å². The lowest BCUT2D eigenvalue weighted by Crippen LogP contribution is -2.61. The Balaban J connectivity index is 1.54. The minimum Gasteiger partial charge on any atom is -0.481 e. The van der Waals surface area contributed by atoms with E-state index in [9.17, 15) is 13.6 Å². The van der Waals surface area contributed by atoms with Gasteiger partial charge in [0.05, 0.1) is 25.9 Å². The molecule has 2 aliphatic rings. The lowest BCUT2D eigenvalue weighted by Gasteiger charge is -2.42. The molecule has 1 amide bonds. The van der Waals surface area contributed by atoms with Crippen molar-refractivity contribution in [1.29, 1.82) is 0 Å². The van der Waals surface area contributed by atoms with Gasteiger partial charge in [0.2, 0.25) is 11.8 Å². The number of alkyl halides is 2. The van der Waals surface area contributed by atoms with Crippen LogP contribution in [0.5, 0.6) is 5.88 Å². The van der Waals surface area contributed by atoms with Crippen molar-refractivity contribution >= 4 is 5.91 Å². The van der Waals surface area contributed by atoms with E-state index in [0.717, 1.165) is 11.3 Å². The van der Waals surface area contributed by atoms with Gasteiger partial charge in [0.1, 0.15) is 6.04 Å². The molecule has 0 bridgehead atoms. The van der Waals surface area contributed by atoms with Gasteiger partial charge in [0, 0.05) is 37.6 Å². The van der Waals surface area contributed by atoms with Crippen molar-refractivity contribution in [3.63, 3.8) is 0 Å². The standard InChI is InChI=1S/C17H19F2N5O2/c1-26-15-12(3-2-5-20-15)7-22-8-13-4-6-21-24(13)14(9-22)16(25)23-10-17(18,19)11-23/h2-6,14H,7-11H2,1H3/t14-/m1/s1. The van der Waals surface area contributed by atoms with Crippen LogP contribution in [0.25, 0.3) is 0 Å². The molecule has 2 aromatic rings. The average molecular weight is 363 g/mol. The Morgan fingerprint density at radius 3 is 2.88 bits per heavy atom. The second-order valence-corrected chi connectivity index (χ2v) is 6.67. The van der Waals surface area contributed by atoms with Crippen LogP contribution in [0.3, 0.4) is 0 Å². The Kier molecular flexibility index (Phi) is 4.10. The van der Waals surface area contributed by atoms with E-state index < -0.39 is 25.1 Å². The maximum Gasteiger partial charge on any atom is 0.282 e. The summed E-state index contributed by atoms with van der Waals surface area (Å²) in [7, 11) is 1.56. The monoisotopic (exact) mass is 363 g/mol. The van der Waals surface area contributed by atoms with Crippen molar-refractivity contribution in [3.8, 4) is 5.88 Å². The second kappa shape index (κ2) is 6.31. The predicted molar refractivity (Wildman–Crippen MR) is 87.7 cm³/mol. The first-order valence-corrected chi connectivity index (χ1v) is 8.36. The number of rotatable bonds is 4. The molecule has 0 radical (unpaired) electrons. The van der Waals surface area contributed by atoms with E-state index in [1.165, 1.54) is 4.90 Å². The van der Waals surface area contributed by atoms with Crippen LogP contribution in [0.1, 0.15) is 17.3 Å². The van der Waals surface area contributed by atoms with Gasteiger partial charge >= 0.3 is 0 Å². The van der Waals surface area contributed by atoms with Gasteiger partial charge in [0.25, 0.3) is 5.92 Å². The van der Waals surface area contributed by atoms with Crippen molar-refractivity contribution in [2.24, 2.45) is 0 Å². The topological polar surface area (TPSA) is 63.5 Å². The van der Waals surface area contributed by atoms with E-state index in [1.54, 1.807) is 24.2 Å². The highest BCUT2D eigenvalue weighted by molar-refractivity contribution is 5.82. The largest absolute Gasteiger partial charge is 0.481 e. The number of likely N-dealkylation sites (tertiary alicyclic amines) is 1. The highest BCUT2D eigenvalue weighted by Gasteiger charge is 2.48. The van der Waals surface area contributed by atoms with E-state index in [1.807, 2.05) is 18.2 Å². The van der Waals surface area contributed by atoms with Crippen LogP contribution in [-0.2, 0) is 17.9 Å². The van der Waals surface area contributed by atoms with Crippen LogP contribution >= 0.6 is 0 Å². The van der Waals surface area contributed by atoms with Gasteiger partial charge in [-0.2, -0.15) is 5.10 Å². The van der Waals surface area contributed by atoms with Gasteiger partial charge in [-0.1, -0.05) is 6.07 Å². The molecule has 7 nitrogen and oxygen atoms in total. The number of fused-ring (bicyclic) bond motifs is 1. The molecule has 4 heterocycles. The number of pyridine rings is 1. The summed E-state index contributed by atoms with van der Waals surface area (Å²) in [6.45, 7) is 0.512. The molecule has 9 heteroatoms. The van der Waals surface area contributed by atoms with Crippen molar-refractivity contribution in [2.45, 2.75) is 25.1 Å². The van der Waals surface area contributed by atoms with Gasteiger partial charge in [-0.25, -0.2) is 13.8 Å². The molecule has 0 aromatic carbocycles. The molecule has 1 fully saturated rings. The van der Waals surface area contributed by atoms with Crippen LogP contribution in [0, 0.1) is 0 Å². The molecule has 0 aliphatic carbocycles. The first kappa shape index (κ1) is 16.9. The number of amides is 1. The molecule has 0 unspecified atom stereocenters. The predicted octanol–water partition coefficient (Wildman–Crippen LogP) is 1.32. The molecule has 4 rings (SSSR count). The second-order valence-electron chi connectivity index (χ2n) is 6.67. The normalized spacial score (nSPS) is 21.8. The summed E-state index contributed by atoms with van der Waals surface area (Å²) in [6, 6.07) is 4.99. The maximum atomic E-state index is 13.2. The smallest absolute Gasteiger partial charge is 0.282 e. The van der Waals surface area contributed by atoms with Crippen molar-refractivity contribution in [1.82, 2.24) is 24.6 Å². The molecule has 0 spiro atoms. The number of carbonyl (C=O) groups is 1. The minimum atomic E-state index is -2.78. The van der Waals surface area contributed by atoms with Crippen LogP contribution in [-0.4, -0.2) is 63.1 Å². The summed E-state index contributed by atoms with van der Waals surface area (Å²) in [5, 5.41) is 4.23. The van der Waals surface area contributed by atoms with E-state index in [-0.39, 0.29) is 5.91 Å². The first-order valence-electron chi connectivity index (χ1n) is 8.36. The zero-order chi connectivity index (χ0) is 18.3. The van der Waals surface area contributed by atoms with Crippen molar-refractivity contribution < 1.29 is 18.3 Å². The Morgan fingerprint density at radius 1 is 1.35 bits per heavy atom. The molecular formula is C17H19F2N5O2. The van der Waals surface area contributed by atoms with Gasteiger partial charge in [-0.3, -0.25) is 14.4 Å². The molecule has 2 aliphatic heterocycles. The van der Waals surface area contributed by atoms with Gasteiger partial charge in [-0.05, 0) is 12.1 Å². The van der Waals surface area contributed by atoms with Crippen LogP contribution in [0.4, 0.5) is 8.78 Å². The number of carbonyl (C=O) groups excluding carboxylic acids is 1. The third kappa shape index (κ3) is 3.03. The summed E-state index contributed by atoms with van der Waals surface area (Å²) in [6.07, 6.45) is 3.29. The number of hydrogen-bond acceptors (Lipinski definition) is 5. The quantitative estimate of drug-likeness (QED) is 0.820. The number of aromatic nitrogens is 3. The molecule has 26 heavy (non-hydrogen) atoms. The molecule has 1 saturated heterocycles. The minimum absolute atomic E-state index is 0.316. The fraction of sp³-hybridized carbons (Fsp3) is 0.471. The van der Waals surface area contributed by atoms with Crippen molar-refractivity contribution in [3.05, 3.63) is 41.9 Å². The van der Waals surface area contributed by atoms with E-state index in [4.69, 9.17) is 4.74 Å². The fourth-order valence-electron chi connectivity index (χ4n) is 3.51. The molecule has 138 valence electrons. The van der Waals surface area contributed by atoms with E-state index in [2.05, 4.69) is 15.0 Å². The maximum absolute atomic E-state index is 13.2. The average Bonchev–Trinajstić information content (AvgIpc) is 3.07. The molecule has 1 atom stereocenters. The number of halogens is 2. The molecule has 0 N–H and O–H groups in total. The summed E-state index contributed by atoms with van der Waals surface area (Å²) in [4.78, 5) is 20.2. The number of hydrogen-bond donors (Lipinski definition) is 0. The van der Waals surface area contributed by atoms with Crippen LogP contribution in [0.15, 0.2) is 30.6 Å². The van der Waals surface area contributed by atoms with E-state index in [0.29, 0.717) is 25.5 Å². The zero-order valence-electron chi connectivity index (χ0n) is 14.3. The summed E-state index contributed by atoms with van der Waals surface area (Å²) >= 11 is 0. The highest BCUT2D eigenvalue weighted by atomic mass is 19.3. The fourth-order valence-corrected chi connectivity index (χ4v) is 3.51. The Hall–Kier alpha value is -2.55. The van der Waals surface area contributed by atoms with Crippen LogP contribution < -0.4 is 4.74 Å². The number of ether oxygens (including phenoxy) is 1. The van der Waals surface area contributed by atoms with Gasteiger partial charge < -0.3 is 9.64 Å². The number of methoxy groups -OCH3 is 1. The number of nitrogens with zero attached hydrogens (tertiary/aromatic N) is 5. The van der Waals surface area contributed by atoms with Gasteiger partial charge in [-0.15, -0.1) is 0 Å². The third-order valence-electron chi connectivity index (χ3n) is 4.74. The molecule has 2 aromatic heterocycles. The summed E-state index contributed by atoms with van der Waals surface area (Å²) < 4.78 is 33.2. The first-order chi connectivity index (χ1) is 12.5. The summed E-state index contributed by atoms with van der Waals surface area (Å²) in [5.41, 5.74) is 1.79. The Morgan fingerprint density at radius 2 is 2.15 bits per heavy atom. The van der Waals surface area contributed by atoms with Gasteiger partial charge in [0.15, 0.2) is 0 Å². The lowest BCUT2D eigenvalue weighted by atomic mass is 10.1. The SMILES string of the molecule is COc1ncccc1CN1Cc2ccnn2[C@@H](C(=O)N2CC(F)(F)C2)C1. The van der Waals surface area contributed by atoms with Crippen molar-refractivity contribution in [2.75, 3.05) is 26.7 Å². The summed E-state index contributed by atoms with van der Waals surface area (Å²) in [5.74, 6) is -2.55. The lowest BCUT2D eigenvalue weighted by molar-refractivity contribution is -0.170. The third-order valence-corrected chi connectivity index (χ3v) is 4.74. The Labute approximate surface area is 149 Å². The zero-order valence-corrected chi connectivity index (χ0v) is 14.3. The van der Waals surface area contributed by atoms with Crippen LogP contribution in [0.2, 0.25) is 0 Å². The highest BCUT2D eigenvalue weighted by Crippen LogP contribution is 2.31.